The van der Waals surface area contributed by atoms with Crippen molar-refractivity contribution in [1.29, 1.82) is 0 Å². The molecule has 0 bridgehead atoms. The summed E-state index contributed by atoms with van der Waals surface area (Å²) in [4.78, 5) is 29.6. The summed E-state index contributed by atoms with van der Waals surface area (Å²) in [7, 11) is 0. The fraction of sp³-hybridized carbons (Fsp3) is 0.100. The number of aromatic carboxylic acids is 1. The second-order valence-electron chi connectivity index (χ2n) is 3.33. The number of anilines is 1. The highest BCUT2D eigenvalue weighted by Crippen LogP contribution is 2.07. The molecule has 0 saturated carbocycles. The summed E-state index contributed by atoms with van der Waals surface area (Å²) in [5.74, 6) is -1.52. The number of rotatable bonds is 3. The number of hydrogen-bond donors (Lipinski definition) is 2. The van der Waals surface area contributed by atoms with E-state index in [0.717, 1.165) is 0 Å². The van der Waals surface area contributed by atoms with Gasteiger partial charge in [0.15, 0.2) is 0 Å². The van der Waals surface area contributed by atoms with Gasteiger partial charge < -0.3 is 14.9 Å². The van der Waals surface area contributed by atoms with E-state index in [4.69, 9.17) is 5.11 Å². The second-order valence-corrected chi connectivity index (χ2v) is 3.33. The number of carboxylic acids is 1. The lowest BCUT2D eigenvalue weighted by Gasteiger charge is -2.01. The maximum absolute atomic E-state index is 11.6. The van der Waals surface area contributed by atoms with Crippen molar-refractivity contribution in [3.05, 3.63) is 35.7 Å². The minimum atomic E-state index is -1.14. The van der Waals surface area contributed by atoms with Crippen LogP contribution in [0.15, 0.2) is 22.9 Å². The van der Waals surface area contributed by atoms with E-state index in [2.05, 4.69) is 25.0 Å². The largest absolute Gasteiger partial charge is 0.477 e. The van der Waals surface area contributed by atoms with Crippen LogP contribution >= 0.6 is 0 Å². The van der Waals surface area contributed by atoms with Crippen molar-refractivity contribution in [3.8, 4) is 0 Å². The predicted molar refractivity (Wildman–Crippen MR) is 58.2 cm³/mol. The number of pyridine rings is 1. The van der Waals surface area contributed by atoms with Crippen LogP contribution in [-0.2, 0) is 0 Å². The summed E-state index contributed by atoms with van der Waals surface area (Å²) >= 11 is 0. The molecule has 2 rings (SSSR count). The highest BCUT2D eigenvalue weighted by atomic mass is 16.5. The number of carboxylic acid groups (broad SMARTS) is 1. The standard InChI is InChI=1S/C10H8N4O4/c1-5-12-8(14-18-5)9(15)13-6-2-3-7(10(16)17)11-4-6/h2-4H,1H3,(H,13,15)(H,16,17). The minimum Gasteiger partial charge on any atom is -0.477 e. The summed E-state index contributed by atoms with van der Waals surface area (Å²) < 4.78 is 4.66. The van der Waals surface area contributed by atoms with Crippen LogP contribution in [0.4, 0.5) is 5.69 Å². The topological polar surface area (TPSA) is 118 Å². The van der Waals surface area contributed by atoms with Crippen molar-refractivity contribution in [2.45, 2.75) is 6.92 Å². The first-order valence-corrected chi connectivity index (χ1v) is 4.87. The lowest BCUT2D eigenvalue weighted by molar-refractivity contribution is 0.0690. The third-order valence-corrected chi connectivity index (χ3v) is 1.97. The van der Waals surface area contributed by atoms with Gasteiger partial charge in [-0.05, 0) is 12.1 Å². The van der Waals surface area contributed by atoms with Gasteiger partial charge in [-0.1, -0.05) is 5.16 Å². The molecule has 0 unspecified atom stereocenters. The zero-order chi connectivity index (χ0) is 13.1. The number of aromatic nitrogens is 3. The van der Waals surface area contributed by atoms with Crippen LogP contribution in [0.1, 0.15) is 27.0 Å². The van der Waals surface area contributed by atoms with Crippen LogP contribution < -0.4 is 5.32 Å². The number of carbonyl (C=O) groups excluding carboxylic acids is 1. The van der Waals surface area contributed by atoms with E-state index in [0.29, 0.717) is 5.69 Å². The van der Waals surface area contributed by atoms with Gasteiger partial charge in [0.1, 0.15) is 5.69 Å². The molecule has 8 heteroatoms. The Morgan fingerprint density at radius 3 is 2.67 bits per heavy atom. The van der Waals surface area contributed by atoms with Crippen molar-refractivity contribution >= 4 is 17.6 Å². The monoisotopic (exact) mass is 248 g/mol. The highest BCUT2D eigenvalue weighted by Gasteiger charge is 2.13. The van der Waals surface area contributed by atoms with E-state index in [-0.39, 0.29) is 17.4 Å². The molecule has 2 N–H and O–H groups in total. The zero-order valence-corrected chi connectivity index (χ0v) is 9.25. The molecule has 0 atom stereocenters. The molecular weight excluding hydrogens is 240 g/mol. The van der Waals surface area contributed by atoms with Crippen LogP contribution in [0.25, 0.3) is 0 Å². The molecule has 8 nitrogen and oxygen atoms in total. The Balaban J connectivity index is 2.10. The van der Waals surface area contributed by atoms with Crippen LogP contribution in [0, 0.1) is 6.92 Å². The van der Waals surface area contributed by atoms with Crippen molar-refractivity contribution in [2.75, 3.05) is 5.32 Å². The van der Waals surface area contributed by atoms with Crippen molar-refractivity contribution in [3.63, 3.8) is 0 Å². The van der Waals surface area contributed by atoms with E-state index in [1.54, 1.807) is 6.92 Å². The second kappa shape index (κ2) is 4.62. The molecule has 2 aromatic rings. The number of nitrogens with zero attached hydrogens (tertiary/aromatic N) is 3. The molecule has 0 saturated heterocycles. The van der Waals surface area contributed by atoms with Gasteiger partial charge in [0.05, 0.1) is 11.9 Å². The maximum atomic E-state index is 11.6. The summed E-state index contributed by atoms with van der Waals surface area (Å²) in [6, 6.07) is 2.70. The number of aryl methyl sites for hydroxylation is 1. The van der Waals surface area contributed by atoms with Gasteiger partial charge in [0.2, 0.25) is 5.89 Å². The SMILES string of the molecule is Cc1nc(C(=O)Nc2ccc(C(=O)O)nc2)no1. The lowest BCUT2D eigenvalue weighted by atomic mass is 10.3. The Kier molecular flexibility index (Phi) is 3.00. The molecule has 92 valence electrons. The molecule has 0 aliphatic heterocycles. The molecule has 0 radical (unpaired) electrons. The fourth-order valence-electron chi connectivity index (χ4n) is 1.17. The van der Waals surface area contributed by atoms with Crippen LogP contribution in [0.2, 0.25) is 0 Å². The number of carbonyl (C=O) groups is 2. The Hall–Kier alpha value is -2.77. The molecule has 0 aromatic carbocycles. The van der Waals surface area contributed by atoms with Gasteiger partial charge in [-0.2, -0.15) is 4.98 Å². The molecule has 2 heterocycles. The first-order valence-electron chi connectivity index (χ1n) is 4.87. The Labute approximate surface area is 101 Å². The van der Waals surface area contributed by atoms with Crippen LogP contribution in [-0.4, -0.2) is 32.1 Å². The molecule has 0 aliphatic carbocycles. The summed E-state index contributed by atoms with van der Waals surface area (Å²) in [5.41, 5.74) is 0.232. The first-order chi connectivity index (χ1) is 8.56. The minimum absolute atomic E-state index is 0.102. The molecular formula is C10H8N4O4. The van der Waals surface area contributed by atoms with E-state index in [9.17, 15) is 9.59 Å². The molecule has 0 fully saturated rings. The first kappa shape index (κ1) is 11.7. The molecule has 1 amide bonds. The predicted octanol–water partition coefficient (Wildman–Crippen LogP) is 0.724. The van der Waals surface area contributed by atoms with Crippen molar-refractivity contribution in [1.82, 2.24) is 15.1 Å². The van der Waals surface area contributed by atoms with Gasteiger partial charge in [0, 0.05) is 6.92 Å². The van der Waals surface area contributed by atoms with Gasteiger partial charge in [0.25, 0.3) is 11.7 Å². The molecule has 2 aromatic heterocycles. The average Bonchev–Trinajstić information content (AvgIpc) is 2.76. The molecule has 0 spiro atoms. The number of hydrogen-bond acceptors (Lipinski definition) is 6. The Morgan fingerprint density at radius 1 is 1.39 bits per heavy atom. The van der Waals surface area contributed by atoms with E-state index in [1.165, 1.54) is 18.3 Å². The van der Waals surface area contributed by atoms with E-state index < -0.39 is 11.9 Å². The van der Waals surface area contributed by atoms with E-state index in [1.807, 2.05) is 0 Å². The molecule has 0 aliphatic rings. The Bertz CT molecular complexity index is 590. The fourth-order valence-corrected chi connectivity index (χ4v) is 1.17. The van der Waals surface area contributed by atoms with Gasteiger partial charge in [-0.15, -0.1) is 0 Å². The normalized spacial score (nSPS) is 10.1. The summed E-state index contributed by atoms with van der Waals surface area (Å²) in [6.45, 7) is 1.56. The van der Waals surface area contributed by atoms with Crippen LogP contribution in [0.5, 0.6) is 0 Å². The summed E-state index contributed by atoms with van der Waals surface area (Å²) in [5, 5.41) is 14.6. The maximum Gasteiger partial charge on any atom is 0.354 e. The number of nitrogens with one attached hydrogen (secondary N) is 1. The van der Waals surface area contributed by atoms with Crippen LogP contribution in [0.3, 0.4) is 0 Å². The highest BCUT2D eigenvalue weighted by molar-refractivity contribution is 6.01. The quantitative estimate of drug-likeness (QED) is 0.821. The molecule has 18 heavy (non-hydrogen) atoms. The zero-order valence-electron chi connectivity index (χ0n) is 9.25. The average molecular weight is 248 g/mol. The van der Waals surface area contributed by atoms with E-state index >= 15 is 0 Å². The van der Waals surface area contributed by atoms with Crippen molar-refractivity contribution < 1.29 is 19.2 Å². The Morgan fingerprint density at radius 2 is 2.17 bits per heavy atom. The van der Waals surface area contributed by atoms with Gasteiger partial charge in [-0.25, -0.2) is 9.78 Å². The van der Waals surface area contributed by atoms with Gasteiger partial charge in [-0.3, -0.25) is 4.79 Å². The van der Waals surface area contributed by atoms with Gasteiger partial charge >= 0.3 is 5.97 Å². The summed E-state index contributed by atoms with van der Waals surface area (Å²) in [6.07, 6.45) is 1.23. The third kappa shape index (κ3) is 2.48. The van der Waals surface area contributed by atoms with Crippen molar-refractivity contribution in [2.24, 2.45) is 0 Å². The number of amides is 1. The smallest absolute Gasteiger partial charge is 0.354 e. The lowest BCUT2D eigenvalue weighted by Crippen LogP contribution is -2.14. The third-order valence-electron chi connectivity index (χ3n) is 1.97.